The highest BCUT2D eigenvalue weighted by atomic mass is 16.2. The zero-order valence-electron chi connectivity index (χ0n) is 14.8. The van der Waals surface area contributed by atoms with Gasteiger partial charge in [-0.3, -0.25) is 9.69 Å². The molecule has 1 saturated carbocycles. The van der Waals surface area contributed by atoms with Crippen LogP contribution in [0.4, 0.5) is 0 Å². The fourth-order valence-electron chi connectivity index (χ4n) is 3.85. The smallest absolute Gasteiger partial charge is 0.240 e. The Kier molecular flexibility index (Phi) is 3.78. The van der Waals surface area contributed by atoms with Crippen LogP contribution in [-0.2, 0) is 31.0 Å². The second-order valence-electron chi connectivity index (χ2n) is 7.43. The molecule has 6 heteroatoms. The molecule has 2 aliphatic rings. The van der Waals surface area contributed by atoms with E-state index < -0.39 is 0 Å². The summed E-state index contributed by atoms with van der Waals surface area (Å²) in [4.78, 5) is 19.0. The summed E-state index contributed by atoms with van der Waals surface area (Å²) in [7, 11) is 0. The maximum atomic E-state index is 12.3. The molecular formula is C20H23N5O. The molecule has 2 aromatic heterocycles. The first kappa shape index (κ1) is 15.6. The molecule has 0 spiro atoms. The molecule has 0 unspecified atom stereocenters. The Morgan fingerprint density at radius 3 is 3.00 bits per heavy atom. The van der Waals surface area contributed by atoms with Gasteiger partial charge in [0.2, 0.25) is 5.91 Å². The van der Waals surface area contributed by atoms with Gasteiger partial charge < -0.3 is 14.5 Å². The van der Waals surface area contributed by atoms with E-state index >= 15 is 0 Å². The number of carbonyl (C=O) groups excluding carboxylic acids is 1. The van der Waals surface area contributed by atoms with Crippen LogP contribution >= 0.6 is 0 Å². The van der Waals surface area contributed by atoms with E-state index in [9.17, 15) is 4.79 Å². The molecule has 26 heavy (non-hydrogen) atoms. The van der Waals surface area contributed by atoms with Crippen molar-refractivity contribution in [2.24, 2.45) is 0 Å². The van der Waals surface area contributed by atoms with Crippen molar-refractivity contribution in [3.63, 3.8) is 0 Å². The topological polar surface area (TPSA) is 55.1 Å². The first-order chi connectivity index (χ1) is 12.8. The lowest BCUT2D eigenvalue weighted by Crippen LogP contribution is -2.32. The van der Waals surface area contributed by atoms with E-state index in [4.69, 9.17) is 0 Å². The van der Waals surface area contributed by atoms with Crippen LogP contribution in [0.15, 0.2) is 43.0 Å². The summed E-state index contributed by atoms with van der Waals surface area (Å²) in [5.41, 5.74) is 3.69. The fraction of sp³-hybridized carbons (Fsp3) is 0.400. The third kappa shape index (κ3) is 3.01. The number of hydrogen-bond donors (Lipinski definition) is 1. The van der Waals surface area contributed by atoms with Crippen LogP contribution < -0.4 is 5.32 Å². The molecule has 134 valence electrons. The molecule has 1 fully saturated rings. The number of amides is 1. The van der Waals surface area contributed by atoms with Gasteiger partial charge in [-0.2, -0.15) is 0 Å². The van der Waals surface area contributed by atoms with E-state index in [0.717, 1.165) is 44.5 Å². The zero-order chi connectivity index (χ0) is 17.5. The van der Waals surface area contributed by atoms with Gasteiger partial charge in [-0.15, -0.1) is 0 Å². The molecule has 1 aliphatic heterocycles. The lowest BCUT2D eigenvalue weighted by Gasteiger charge is -2.27. The Morgan fingerprint density at radius 2 is 2.12 bits per heavy atom. The maximum absolute atomic E-state index is 12.3. The van der Waals surface area contributed by atoms with Crippen molar-refractivity contribution in [3.8, 4) is 0 Å². The van der Waals surface area contributed by atoms with Crippen LogP contribution in [-0.4, -0.2) is 37.5 Å². The maximum Gasteiger partial charge on any atom is 0.240 e. The quantitative estimate of drug-likeness (QED) is 0.768. The van der Waals surface area contributed by atoms with Crippen LogP contribution in [0.3, 0.4) is 0 Å². The number of carbonyl (C=O) groups is 1. The first-order valence-electron chi connectivity index (χ1n) is 9.34. The van der Waals surface area contributed by atoms with Gasteiger partial charge in [0, 0.05) is 55.5 Å². The van der Waals surface area contributed by atoms with Gasteiger partial charge in [-0.1, -0.05) is 18.2 Å². The van der Waals surface area contributed by atoms with E-state index in [1.54, 1.807) is 0 Å². The van der Waals surface area contributed by atoms with Crippen molar-refractivity contribution in [2.45, 2.75) is 45.1 Å². The van der Waals surface area contributed by atoms with Crippen molar-refractivity contribution in [2.75, 3.05) is 6.54 Å². The molecule has 0 atom stereocenters. The molecule has 3 heterocycles. The fourth-order valence-corrected chi connectivity index (χ4v) is 3.85. The number of para-hydroxylation sites is 1. The molecule has 5 rings (SSSR count). The highest BCUT2D eigenvalue weighted by Gasteiger charge is 2.24. The molecule has 1 aliphatic carbocycles. The summed E-state index contributed by atoms with van der Waals surface area (Å²) in [5, 5.41) is 4.33. The number of nitrogens with one attached hydrogen (secondary N) is 1. The van der Waals surface area contributed by atoms with E-state index in [0.29, 0.717) is 12.6 Å². The van der Waals surface area contributed by atoms with Crippen molar-refractivity contribution < 1.29 is 4.79 Å². The largest absolute Gasteiger partial charge is 0.352 e. The van der Waals surface area contributed by atoms with Crippen molar-refractivity contribution in [3.05, 3.63) is 54.2 Å². The lowest BCUT2D eigenvalue weighted by molar-refractivity contribution is -0.121. The molecule has 0 radical (unpaired) electrons. The normalized spacial score (nSPS) is 17.4. The van der Waals surface area contributed by atoms with E-state index in [1.807, 2.05) is 18.6 Å². The highest BCUT2D eigenvalue weighted by molar-refractivity contribution is 5.86. The van der Waals surface area contributed by atoms with E-state index in [-0.39, 0.29) is 5.91 Å². The van der Waals surface area contributed by atoms with Crippen molar-refractivity contribution in [1.29, 1.82) is 0 Å². The first-order valence-corrected chi connectivity index (χ1v) is 9.34. The lowest BCUT2D eigenvalue weighted by atomic mass is 10.1. The molecule has 3 aromatic rings. The van der Waals surface area contributed by atoms with Crippen LogP contribution in [0, 0.1) is 0 Å². The molecule has 1 aromatic carbocycles. The Morgan fingerprint density at radius 1 is 1.23 bits per heavy atom. The molecule has 1 N–H and O–H groups in total. The number of imidazole rings is 1. The Balaban J connectivity index is 1.38. The van der Waals surface area contributed by atoms with E-state index in [1.165, 1.54) is 16.6 Å². The molecule has 1 amide bonds. The standard InChI is InChI=1S/C20H23N5O/c26-20(22-16-5-6-16)13-25-11-15(18-3-1-2-4-19(18)25)10-23-7-8-24-14-21-9-17(24)12-23/h1-4,9,11,14,16H,5-8,10,12-13H2,(H,22,26). The second-order valence-corrected chi connectivity index (χ2v) is 7.43. The summed E-state index contributed by atoms with van der Waals surface area (Å²) >= 11 is 0. The Labute approximate surface area is 152 Å². The van der Waals surface area contributed by atoms with Gasteiger partial charge in [-0.05, 0) is 24.5 Å². The summed E-state index contributed by atoms with van der Waals surface area (Å²) < 4.78 is 4.32. The summed E-state index contributed by atoms with van der Waals surface area (Å²) in [6.07, 6.45) is 8.27. The predicted octanol–water partition coefficient (Wildman–Crippen LogP) is 2.13. The minimum atomic E-state index is 0.113. The third-order valence-corrected chi connectivity index (χ3v) is 5.36. The molecule has 0 bridgehead atoms. The van der Waals surface area contributed by atoms with Gasteiger partial charge in [0.1, 0.15) is 6.54 Å². The second kappa shape index (κ2) is 6.29. The molecular weight excluding hydrogens is 326 g/mol. The minimum absolute atomic E-state index is 0.113. The van der Waals surface area contributed by atoms with Gasteiger partial charge in [0.05, 0.1) is 12.0 Å². The van der Waals surface area contributed by atoms with Crippen LogP contribution in [0.2, 0.25) is 0 Å². The van der Waals surface area contributed by atoms with Crippen molar-refractivity contribution >= 4 is 16.8 Å². The number of benzene rings is 1. The van der Waals surface area contributed by atoms with Crippen LogP contribution in [0.1, 0.15) is 24.1 Å². The predicted molar refractivity (Wildman–Crippen MR) is 99.4 cm³/mol. The van der Waals surface area contributed by atoms with E-state index in [2.05, 4.69) is 48.7 Å². The molecule has 6 nitrogen and oxygen atoms in total. The summed E-state index contributed by atoms with van der Waals surface area (Å²) in [6.45, 7) is 4.21. The average Bonchev–Trinajstić information content (AvgIpc) is 3.22. The average molecular weight is 349 g/mol. The SMILES string of the molecule is O=C(Cn1cc(CN2CCn3cncc3C2)c2ccccc21)NC1CC1. The van der Waals surface area contributed by atoms with Gasteiger partial charge in [0.15, 0.2) is 0 Å². The van der Waals surface area contributed by atoms with Crippen LogP contribution in [0.5, 0.6) is 0 Å². The summed E-state index contributed by atoms with van der Waals surface area (Å²) in [6, 6.07) is 8.79. The minimum Gasteiger partial charge on any atom is -0.352 e. The molecule has 0 saturated heterocycles. The number of hydrogen-bond acceptors (Lipinski definition) is 3. The number of fused-ring (bicyclic) bond motifs is 2. The van der Waals surface area contributed by atoms with Crippen LogP contribution in [0.25, 0.3) is 10.9 Å². The Hall–Kier alpha value is -2.60. The highest BCUT2D eigenvalue weighted by Crippen LogP contribution is 2.25. The van der Waals surface area contributed by atoms with Gasteiger partial charge >= 0.3 is 0 Å². The van der Waals surface area contributed by atoms with Crippen molar-refractivity contribution in [1.82, 2.24) is 24.3 Å². The summed E-state index contributed by atoms with van der Waals surface area (Å²) in [5.74, 6) is 0.113. The zero-order valence-corrected chi connectivity index (χ0v) is 14.8. The number of aromatic nitrogens is 3. The number of rotatable bonds is 5. The van der Waals surface area contributed by atoms with Gasteiger partial charge in [-0.25, -0.2) is 4.98 Å². The Bertz CT molecular complexity index is 952. The monoisotopic (exact) mass is 349 g/mol. The van der Waals surface area contributed by atoms with Gasteiger partial charge in [0.25, 0.3) is 0 Å². The third-order valence-electron chi connectivity index (χ3n) is 5.36. The number of nitrogens with zero attached hydrogens (tertiary/aromatic N) is 4.